The Morgan fingerprint density at radius 2 is 1.89 bits per heavy atom. The number of nitrogens with one attached hydrogen (secondary N) is 1. The predicted molar refractivity (Wildman–Crippen MR) is 74.4 cm³/mol. The fourth-order valence-electron chi connectivity index (χ4n) is 3.48. The first-order valence-electron chi connectivity index (χ1n) is 7.66. The Hall–Kier alpha value is -0.570. The molecule has 0 spiro atoms. The number of carbonyl (C=O) groups is 1. The Morgan fingerprint density at radius 3 is 2.44 bits per heavy atom. The van der Waals surface area contributed by atoms with Crippen LogP contribution in [0.3, 0.4) is 0 Å². The van der Waals surface area contributed by atoms with E-state index in [-0.39, 0.29) is 5.41 Å². The molecule has 2 rings (SSSR count). The maximum atomic E-state index is 12.7. The molecule has 1 N–H and O–H groups in total. The van der Waals surface area contributed by atoms with Crippen LogP contribution in [-0.2, 0) is 4.79 Å². The van der Waals surface area contributed by atoms with Gasteiger partial charge in [-0.15, -0.1) is 0 Å². The lowest BCUT2D eigenvalue weighted by atomic mass is 9.86. The molecule has 0 aromatic rings. The average Bonchev–Trinajstić information content (AvgIpc) is 2.84. The second-order valence-corrected chi connectivity index (χ2v) is 6.30. The molecule has 104 valence electrons. The highest BCUT2D eigenvalue weighted by Gasteiger charge is 2.39. The summed E-state index contributed by atoms with van der Waals surface area (Å²) in [6.07, 6.45) is 7.09. The monoisotopic (exact) mass is 252 g/mol. The van der Waals surface area contributed by atoms with Crippen LogP contribution in [0.15, 0.2) is 0 Å². The second-order valence-electron chi connectivity index (χ2n) is 6.30. The van der Waals surface area contributed by atoms with Crippen molar-refractivity contribution < 1.29 is 4.79 Å². The average molecular weight is 252 g/mol. The molecule has 2 aliphatic rings. The summed E-state index contributed by atoms with van der Waals surface area (Å²) in [5, 5.41) is 3.39. The maximum Gasteiger partial charge on any atom is 0.228 e. The highest BCUT2D eigenvalue weighted by Crippen LogP contribution is 2.39. The Kier molecular flexibility index (Phi) is 4.66. The van der Waals surface area contributed by atoms with Crippen molar-refractivity contribution in [3.05, 3.63) is 0 Å². The van der Waals surface area contributed by atoms with Gasteiger partial charge in [0.2, 0.25) is 5.91 Å². The van der Waals surface area contributed by atoms with Gasteiger partial charge >= 0.3 is 0 Å². The van der Waals surface area contributed by atoms with Gasteiger partial charge in [0.25, 0.3) is 0 Å². The molecule has 1 saturated carbocycles. The number of rotatable bonds is 4. The van der Waals surface area contributed by atoms with Crippen LogP contribution >= 0.6 is 0 Å². The third-order valence-corrected chi connectivity index (χ3v) is 4.83. The van der Waals surface area contributed by atoms with Crippen molar-refractivity contribution in [1.82, 2.24) is 10.2 Å². The van der Waals surface area contributed by atoms with Crippen LogP contribution in [0.4, 0.5) is 0 Å². The highest BCUT2D eigenvalue weighted by molar-refractivity contribution is 5.82. The summed E-state index contributed by atoms with van der Waals surface area (Å²) in [6.45, 7) is 8.39. The lowest BCUT2D eigenvalue weighted by molar-refractivity contribution is -0.141. The van der Waals surface area contributed by atoms with Crippen molar-refractivity contribution in [1.29, 1.82) is 0 Å². The standard InChI is InChI=1S/C15H28N2O/c1-3-17(12-13-6-10-16-11-7-13)14(18)15(2)8-4-5-9-15/h13,16H,3-12H2,1-2H3. The topological polar surface area (TPSA) is 32.3 Å². The van der Waals surface area contributed by atoms with E-state index in [9.17, 15) is 4.79 Å². The van der Waals surface area contributed by atoms with E-state index in [0.29, 0.717) is 11.8 Å². The van der Waals surface area contributed by atoms with Crippen LogP contribution in [-0.4, -0.2) is 37.0 Å². The Labute approximate surface area is 111 Å². The van der Waals surface area contributed by atoms with Gasteiger partial charge in [-0.1, -0.05) is 19.8 Å². The van der Waals surface area contributed by atoms with E-state index >= 15 is 0 Å². The molecule has 1 aliphatic carbocycles. The maximum absolute atomic E-state index is 12.7. The SMILES string of the molecule is CCN(CC1CCNCC1)C(=O)C1(C)CCCC1. The number of piperidine rings is 1. The summed E-state index contributed by atoms with van der Waals surface area (Å²) in [7, 11) is 0. The van der Waals surface area contributed by atoms with E-state index in [1.54, 1.807) is 0 Å². The summed E-state index contributed by atoms with van der Waals surface area (Å²) >= 11 is 0. The Balaban J connectivity index is 1.92. The molecule has 0 bridgehead atoms. The van der Waals surface area contributed by atoms with Gasteiger partial charge in [-0.05, 0) is 51.6 Å². The van der Waals surface area contributed by atoms with Gasteiger partial charge in [-0.25, -0.2) is 0 Å². The third-order valence-electron chi connectivity index (χ3n) is 4.83. The molecule has 3 heteroatoms. The van der Waals surface area contributed by atoms with Crippen LogP contribution in [0, 0.1) is 11.3 Å². The second kappa shape index (κ2) is 6.05. The smallest absolute Gasteiger partial charge is 0.228 e. The van der Waals surface area contributed by atoms with Crippen molar-refractivity contribution in [3.63, 3.8) is 0 Å². The van der Waals surface area contributed by atoms with E-state index < -0.39 is 0 Å². The number of hydrogen-bond acceptors (Lipinski definition) is 2. The molecule has 3 nitrogen and oxygen atoms in total. The Bertz CT molecular complexity index is 278. The van der Waals surface area contributed by atoms with Crippen molar-refractivity contribution in [2.24, 2.45) is 11.3 Å². The van der Waals surface area contributed by atoms with E-state index in [4.69, 9.17) is 0 Å². The van der Waals surface area contributed by atoms with Gasteiger partial charge in [-0.2, -0.15) is 0 Å². The van der Waals surface area contributed by atoms with Gasteiger partial charge in [0.1, 0.15) is 0 Å². The molecule has 1 saturated heterocycles. The zero-order valence-electron chi connectivity index (χ0n) is 12.0. The molecule has 1 heterocycles. The van der Waals surface area contributed by atoms with Crippen molar-refractivity contribution in [3.8, 4) is 0 Å². The molecule has 0 aromatic heterocycles. The normalized spacial score (nSPS) is 24.1. The van der Waals surface area contributed by atoms with Crippen LogP contribution in [0.25, 0.3) is 0 Å². The lowest BCUT2D eigenvalue weighted by Crippen LogP contribution is -2.45. The summed E-state index contributed by atoms with van der Waals surface area (Å²) in [4.78, 5) is 14.8. The summed E-state index contributed by atoms with van der Waals surface area (Å²) in [6, 6.07) is 0. The third kappa shape index (κ3) is 3.05. The molecule has 1 aliphatic heterocycles. The first kappa shape index (κ1) is 13.9. The van der Waals surface area contributed by atoms with Crippen LogP contribution < -0.4 is 5.32 Å². The van der Waals surface area contributed by atoms with Gasteiger partial charge in [-0.3, -0.25) is 4.79 Å². The molecule has 2 fully saturated rings. The number of hydrogen-bond donors (Lipinski definition) is 1. The summed E-state index contributed by atoms with van der Waals surface area (Å²) in [5.41, 5.74) is -0.0527. The predicted octanol–water partition coefficient (Wildman–Crippen LogP) is 2.41. The Morgan fingerprint density at radius 1 is 1.28 bits per heavy atom. The molecule has 1 amide bonds. The number of nitrogens with zero attached hydrogens (tertiary/aromatic N) is 1. The molecule has 18 heavy (non-hydrogen) atoms. The number of carbonyl (C=O) groups excluding carboxylic acids is 1. The molecular weight excluding hydrogens is 224 g/mol. The van der Waals surface area contributed by atoms with Gasteiger partial charge in [0.15, 0.2) is 0 Å². The van der Waals surface area contributed by atoms with Gasteiger partial charge in [0, 0.05) is 18.5 Å². The van der Waals surface area contributed by atoms with Crippen molar-refractivity contribution >= 4 is 5.91 Å². The molecule has 0 radical (unpaired) electrons. The van der Waals surface area contributed by atoms with E-state index in [2.05, 4.69) is 24.1 Å². The number of amides is 1. The summed E-state index contributed by atoms with van der Waals surface area (Å²) in [5.74, 6) is 1.13. The van der Waals surface area contributed by atoms with E-state index in [0.717, 1.165) is 39.0 Å². The quantitative estimate of drug-likeness (QED) is 0.833. The van der Waals surface area contributed by atoms with Crippen molar-refractivity contribution in [2.75, 3.05) is 26.2 Å². The lowest BCUT2D eigenvalue weighted by Gasteiger charge is -2.34. The van der Waals surface area contributed by atoms with Crippen LogP contribution in [0.2, 0.25) is 0 Å². The minimum absolute atomic E-state index is 0.0527. The van der Waals surface area contributed by atoms with E-state index in [1.165, 1.54) is 25.7 Å². The molecular formula is C15H28N2O. The molecule has 0 unspecified atom stereocenters. The fraction of sp³-hybridized carbons (Fsp3) is 0.933. The zero-order valence-corrected chi connectivity index (χ0v) is 12.0. The minimum atomic E-state index is -0.0527. The summed E-state index contributed by atoms with van der Waals surface area (Å²) < 4.78 is 0. The first-order valence-corrected chi connectivity index (χ1v) is 7.66. The largest absolute Gasteiger partial charge is 0.342 e. The van der Waals surface area contributed by atoms with Crippen molar-refractivity contribution in [2.45, 2.75) is 52.4 Å². The molecule has 0 atom stereocenters. The van der Waals surface area contributed by atoms with Crippen LogP contribution in [0.1, 0.15) is 52.4 Å². The minimum Gasteiger partial charge on any atom is -0.342 e. The van der Waals surface area contributed by atoms with Gasteiger partial charge < -0.3 is 10.2 Å². The van der Waals surface area contributed by atoms with Gasteiger partial charge in [0.05, 0.1) is 0 Å². The van der Waals surface area contributed by atoms with Crippen LogP contribution in [0.5, 0.6) is 0 Å². The van der Waals surface area contributed by atoms with E-state index in [1.807, 2.05) is 0 Å². The molecule has 0 aromatic carbocycles. The first-order chi connectivity index (χ1) is 8.65. The zero-order chi connectivity index (χ0) is 13.0. The highest BCUT2D eigenvalue weighted by atomic mass is 16.2. The fourth-order valence-corrected chi connectivity index (χ4v) is 3.48.